The minimum absolute atomic E-state index is 0.111. The van der Waals surface area contributed by atoms with Crippen LogP contribution in [0.25, 0.3) is 0 Å². The van der Waals surface area contributed by atoms with E-state index in [9.17, 15) is 4.79 Å². The van der Waals surface area contributed by atoms with E-state index >= 15 is 0 Å². The highest BCUT2D eigenvalue weighted by Gasteiger charge is 2.17. The standard InChI is InChI=1S/C21H27NO3/c1-14-6-9-19(10-7-14)24-13-17(4)22-21(23)18(5)25-20-11-8-15(2)16(3)12-20/h6-12,17-18H,13H2,1-5H3,(H,22,23). The van der Waals surface area contributed by atoms with E-state index in [1.165, 1.54) is 11.1 Å². The molecule has 4 heteroatoms. The second kappa shape index (κ2) is 8.56. The van der Waals surface area contributed by atoms with Gasteiger partial charge in [0.25, 0.3) is 5.91 Å². The van der Waals surface area contributed by atoms with E-state index in [2.05, 4.69) is 5.32 Å². The van der Waals surface area contributed by atoms with E-state index in [1.807, 2.05) is 70.2 Å². The van der Waals surface area contributed by atoms with Gasteiger partial charge in [-0.2, -0.15) is 0 Å². The number of ether oxygens (including phenoxy) is 2. The number of hydrogen-bond donors (Lipinski definition) is 1. The topological polar surface area (TPSA) is 47.6 Å². The predicted octanol–water partition coefficient (Wildman–Crippen LogP) is 3.96. The summed E-state index contributed by atoms with van der Waals surface area (Å²) in [5.41, 5.74) is 3.53. The van der Waals surface area contributed by atoms with Crippen LogP contribution >= 0.6 is 0 Å². The molecule has 4 nitrogen and oxygen atoms in total. The maximum atomic E-state index is 12.3. The molecule has 0 aliphatic rings. The van der Waals surface area contributed by atoms with Crippen molar-refractivity contribution < 1.29 is 14.3 Å². The van der Waals surface area contributed by atoms with Gasteiger partial charge in [-0.25, -0.2) is 0 Å². The zero-order valence-electron chi connectivity index (χ0n) is 15.6. The number of rotatable bonds is 7. The van der Waals surface area contributed by atoms with Gasteiger partial charge in [-0.3, -0.25) is 4.79 Å². The Hall–Kier alpha value is -2.49. The second-order valence-corrected chi connectivity index (χ2v) is 6.54. The average Bonchev–Trinajstić information content (AvgIpc) is 2.57. The van der Waals surface area contributed by atoms with Crippen LogP contribution in [0.15, 0.2) is 42.5 Å². The lowest BCUT2D eigenvalue weighted by atomic mass is 10.1. The Kier molecular flexibility index (Phi) is 6.45. The predicted molar refractivity (Wildman–Crippen MR) is 100 cm³/mol. The van der Waals surface area contributed by atoms with Gasteiger partial charge in [0.2, 0.25) is 0 Å². The van der Waals surface area contributed by atoms with Crippen LogP contribution in [0.1, 0.15) is 30.5 Å². The number of hydrogen-bond acceptors (Lipinski definition) is 3. The van der Waals surface area contributed by atoms with E-state index in [4.69, 9.17) is 9.47 Å². The number of carbonyl (C=O) groups is 1. The third-order valence-corrected chi connectivity index (χ3v) is 4.07. The summed E-state index contributed by atoms with van der Waals surface area (Å²) in [5, 5.41) is 2.92. The van der Waals surface area contributed by atoms with Gasteiger partial charge in [0.05, 0.1) is 6.04 Å². The Balaban J connectivity index is 1.81. The van der Waals surface area contributed by atoms with Gasteiger partial charge in [0.15, 0.2) is 6.10 Å². The minimum Gasteiger partial charge on any atom is -0.491 e. The number of aryl methyl sites for hydroxylation is 3. The smallest absolute Gasteiger partial charge is 0.261 e. The summed E-state index contributed by atoms with van der Waals surface area (Å²) in [6.07, 6.45) is -0.566. The highest BCUT2D eigenvalue weighted by molar-refractivity contribution is 5.81. The molecule has 2 atom stereocenters. The fraction of sp³-hybridized carbons (Fsp3) is 0.381. The Morgan fingerprint density at radius 1 is 0.960 bits per heavy atom. The second-order valence-electron chi connectivity index (χ2n) is 6.54. The van der Waals surface area contributed by atoms with Crippen molar-refractivity contribution in [1.29, 1.82) is 0 Å². The van der Waals surface area contributed by atoms with Crippen LogP contribution in [0.5, 0.6) is 11.5 Å². The van der Waals surface area contributed by atoms with Crippen molar-refractivity contribution in [3.05, 3.63) is 59.2 Å². The Labute approximate surface area is 150 Å². The summed E-state index contributed by atoms with van der Waals surface area (Å²) in [6, 6.07) is 13.6. The molecule has 134 valence electrons. The van der Waals surface area contributed by atoms with Crippen molar-refractivity contribution in [2.75, 3.05) is 6.61 Å². The molecule has 0 saturated heterocycles. The molecule has 0 saturated carbocycles. The summed E-state index contributed by atoms with van der Waals surface area (Å²) < 4.78 is 11.4. The first-order chi connectivity index (χ1) is 11.8. The average molecular weight is 341 g/mol. The van der Waals surface area contributed by atoms with Gasteiger partial charge in [-0.05, 0) is 70.0 Å². The van der Waals surface area contributed by atoms with E-state index in [1.54, 1.807) is 6.92 Å². The molecule has 0 radical (unpaired) electrons. The first kappa shape index (κ1) is 18.8. The first-order valence-corrected chi connectivity index (χ1v) is 8.59. The lowest BCUT2D eigenvalue weighted by molar-refractivity contribution is -0.128. The molecule has 2 aromatic carbocycles. The normalized spacial score (nSPS) is 13.0. The van der Waals surface area contributed by atoms with Crippen molar-refractivity contribution in [2.24, 2.45) is 0 Å². The molecule has 0 spiro atoms. The molecule has 1 amide bonds. The molecule has 0 aliphatic heterocycles. The molecule has 25 heavy (non-hydrogen) atoms. The largest absolute Gasteiger partial charge is 0.491 e. The van der Waals surface area contributed by atoms with Crippen molar-refractivity contribution in [3.8, 4) is 11.5 Å². The van der Waals surface area contributed by atoms with E-state index in [0.29, 0.717) is 12.4 Å². The molecule has 2 aromatic rings. The molecular formula is C21H27NO3. The molecule has 0 aromatic heterocycles. The van der Waals surface area contributed by atoms with Gasteiger partial charge in [0, 0.05) is 0 Å². The quantitative estimate of drug-likeness (QED) is 0.829. The van der Waals surface area contributed by atoms with Gasteiger partial charge in [0.1, 0.15) is 18.1 Å². The lowest BCUT2D eigenvalue weighted by Crippen LogP contribution is -2.43. The van der Waals surface area contributed by atoms with Crippen LogP contribution < -0.4 is 14.8 Å². The molecular weight excluding hydrogens is 314 g/mol. The number of carbonyl (C=O) groups excluding carboxylic acids is 1. The summed E-state index contributed by atoms with van der Waals surface area (Å²) in [5.74, 6) is 1.35. The fourth-order valence-electron chi connectivity index (χ4n) is 2.30. The molecule has 0 aliphatic carbocycles. The SMILES string of the molecule is Cc1ccc(OCC(C)NC(=O)C(C)Oc2ccc(C)c(C)c2)cc1. The van der Waals surface area contributed by atoms with Crippen molar-refractivity contribution >= 4 is 5.91 Å². The third kappa shape index (κ3) is 5.82. The highest BCUT2D eigenvalue weighted by Crippen LogP contribution is 2.18. The maximum Gasteiger partial charge on any atom is 0.261 e. The van der Waals surface area contributed by atoms with E-state index < -0.39 is 6.10 Å². The zero-order valence-corrected chi connectivity index (χ0v) is 15.6. The van der Waals surface area contributed by atoms with Crippen LogP contribution in [0, 0.1) is 20.8 Å². The van der Waals surface area contributed by atoms with Gasteiger partial charge in [-0.15, -0.1) is 0 Å². The molecule has 2 rings (SSSR count). The molecule has 2 unspecified atom stereocenters. The lowest BCUT2D eigenvalue weighted by Gasteiger charge is -2.19. The van der Waals surface area contributed by atoms with Gasteiger partial charge in [-0.1, -0.05) is 23.8 Å². The first-order valence-electron chi connectivity index (χ1n) is 8.59. The van der Waals surface area contributed by atoms with E-state index in [-0.39, 0.29) is 11.9 Å². The van der Waals surface area contributed by atoms with Crippen LogP contribution in [0.4, 0.5) is 0 Å². The Morgan fingerprint density at radius 2 is 1.60 bits per heavy atom. The monoisotopic (exact) mass is 341 g/mol. The summed E-state index contributed by atoms with van der Waals surface area (Å²) >= 11 is 0. The van der Waals surface area contributed by atoms with Crippen LogP contribution in [0.3, 0.4) is 0 Å². The van der Waals surface area contributed by atoms with E-state index in [0.717, 1.165) is 11.3 Å². The van der Waals surface area contributed by atoms with Crippen molar-refractivity contribution in [1.82, 2.24) is 5.32 Å². The zero-order chi connectivity index (χ0) is 18.4. The van der Waals surface area contributed by atoms with Crippen LogP contribution in [0.2, 0.25) is 0 Å². The molecule has 0 bridgehead atoms. The van der Waals surface area contributed by atoms with Crippen LogP contribution in [-0.2, 0) is 4.79 Å². The Bertz CT molecular complexity index is 710. The fourth-order valence-corrected chi connectivity index (χ4v) is 2.30. The molecule has 0 heterocycles. The molecule has 0 fully saturated rings. The maximum absolute atomic E-state index is 12.3. The minimum atomic E-state index is -0.566. The number of benzene rings is 2. The molecule has 1 N–H and O–H groups in total. The van der Waals surface area contributed by atoms with Crippen molar-refractivity contribution in [2.45, 2.75) is 46.8 Å². The van der Waals surface area contributed by atoms with Crippen LogP contribution in [-0.4, -0.2) is 24.7 Å². The summed E-state index contributed by atoms with van der Waals surface area (Å²) in [6.45, 7) is 10.2. The van der Waals surface area contributed by atoms with Crippen molar-refractivity contribution in [3.63, 3.8) is 0 Å². The summed E-state index contributed by atoms with van der Waals surface area (Å²) in [4.78, 5) is 12.3. The summed E-state index contributed by atoms with van der Waals surface area (Å²) in [7, 11) is 0. The van der Waals surface area contributed by atoms with Gasteiger partial charge < -0.3 is 14.8 Å². The number of amides is 1. The number of nitrogens with one attached hydrogen (secondary N) is 1. The highest BCUT2D eigenvalue weighted by atomic mass is 16.5. The Morgan fingerprint density at radius 3 is 2.24 bits per heavy atom. The third-order valence-electron chi connectivity index (χ3n) is 4.07. The van der Waals surface area contributed by atoms with Gasteiger partial charge >= 0.3 is 0 Å².